The van der Waals surface area contributed by atoms with Crippen LogP contribution >= 0.6 is 27.5 Å². The highest BCUT2D eigenvalue weighted by Gasteiger charge is 2.10. The minimum atomic E-state index is 0.102. The maximum Gasteiger partial charge on any atom is 0.224 e. The number of nitrogen functional groups attached to an aromatic ring is 1. The van der Waals surface area contributed by atoms with Gasteiger partial charge in [0.05, 0.1) is 22.6 Å². The molecule has 0 unspecified atom stereocenters. The summed E-state index contributed by atoms with van der Waals surface area (Å²) in [6.07, 6.45) is 0. The van der Waals surface area contributed by atoms with Crippen LogP contribution < -0.4 is 11.1 Å². The molecule has 0 aliphatic heterocycles. The van der Waals surface area contributed by atoms with Crippen LogP contribution in [0.4, 0.5) is 17.2 Å². The van der Waals surface area contributed by atoms with E-state index in [1.54, 1.807) is 19.1 Å². The molecule has 1 aromatic heterocycles. The number of nitriles is 1. The highest BCUT2D eigenvalue weighted by atomic mass is 79.9. The predicted molar refractivity (Wildman–Crippen MR) is 78.3 cm³/mol. The Morgan fingerprint density at radius 3 is 2.84 bits per heavy atom. The van der Waals surface area contributed by atoms with E-state index in [9.17, 15) is 0 Å². The first-order chi connectivity index (χ1) is 9.01. The average molecular weight is 339 g/mol. The fraction of sp³-hybridized carbons (Fsp3) is 0.0833. The summed E-state index contributed by atoms with van der Waals surface area (Å²) in [6, 6.07) is 7.37. The molecule has 2 rings (SSSR count). The Balaban J connectivity index is 2.45. The number of nitrogens with zero attached hydrogens (tertiary/aromatic N) is 3. The van der Waals surface area contributed by atoms with Crippen LogP contribution in [0.1, 0.15) is 11.3 Å². The monoisotopic (exact) mass is 337 g/mol. The van der Waals surface area contributed by atoms with Crippen molar-refractivity contribution in [3.05, 3.63) is 39.2 Å². The van der Waals surface area contributed by atoms with Crippen LogP contribution in [-0.4, -0.2) is 9.97 Å². The van der Waals surface area contributed by atoms with Crippen molar-refractivity contribution >= 4 is 44.7 Å². The molecule has 0 atom stereocenters. The summed E-state index contributed by atoms with van der Waals surface area (Å²) in [5, 5.41) is 12.2. The van der Waals surface area contributed by atoms with Crippen LogP contribution in [0, 0.1) is 18.3 Å². The molecular formula is C12H9BrClN5. The SMILES string of the molecule is Cc1nc(Cl)nc(Nc2ccc(Br)cc2C#N)c1N. The van der Waals surface area contributed by atoms with E-state index in [4.69, 9.17) is 22.6 Å². The number of halogens is 2. The molecule has 1 heterocycles. The lowest BCUT2D eigenvalue weighted by Gasteiger charge is -2.11. The molecule has 0 saturated heterocycles. The number of rotatable bonds is 2. The highest BCUT2D eigenvalue weighted by molar-refractivity contribution is 9.10. The van der Waals surface area contributed by atoms with Crippen molar-refractivity contribution < 1.29 is 0 Å². The number of aromatic nitrogens is 2. The summed E-state index contributed by atoms with van der Waals surface area (Å²) >= 11 is 9.11. The van der Waals surface area contributed by atoms with Crippen molar-refractivity contribution in [1.82, 2.24) is 9.97 Å². The van der Waals surface area contributed by atoms with E-state index in [0.29, 0.717) is 28.5 Å². The van der Waals surface area contributed by atoms with E-state index in [2.05, 4.69) is 37.3 Å². The summed E-state index contributed by atoms with van der Waals surface area (Å²) in [6.45, 7) is 1.74. The smallest absolute Gasteiger partial charge is 0.224 e. The van der Waals surface area contributed by atoms with Crippen LogP contribution in [0.2, 0.25) is 5.28 Å². The lowest BCUT2D eigenvalue weighted by molar-refractivity contribution is 1.11. The van der Waals surface area contributed by atoms with Gasteiger partial charge in [0, 0.05) is 4.47 Å². The molecule has 0 amide bonds. The number of anilines is 3. The van der Waals surface area contributed by atoms with Gasteiger partial charge < -0.3 is 11.1 Å². The lowest BCUT2D eigenvalue weighted by Crippen LogP contribution is -2.04. The molecule has 2 aromatic rings. The maximum atomic E-state index is 9.10. The second-order valence-electron chi connectivity index (χ2n) is 3.77. The molecule has 96 valence electrons. The molecule has 19 heavy (non-hydrogen) atoms. The summed E-state index contributed by atoms with van der Waals surface area (Å²) in [5.74, 6) is 0.385. The summed E-state index contributed by atoms with van der Waals surface area (Å²) < 4.78 is 0.819. The molecule has 0 spiro atoms. The van der Waals surface area contributed by atoms with E-state index in [1.165, 1.54) is 0 Å². The number of aryl methyl sites for hydroxylation is 1. The minimum absolute atomic E-state index is 0.102. The third kappa shape index (κ3) is 2.95. The fourth-order valence-corrected chi connectivity index (χ4v) is 2.06. The molecule has 0 radical (unpaired) electrons. The Labute approximate surface area is 123 Å². The molecule has 1 aromatic carbocycles. The summed E-state index contributed by atoms with van der Waals surface area (Å²) in [5.41, 5.74) is 7.94. The predicted octanol–water partition coefficient (Wildman–Crippen LogP) is 3.40. The van der Waals surface area contributed by atoms with Gasteiger partial charge in [-0.25, -0.2) is 4.98 Å². The third-order valence-corrected chi connectivity index (χ3v) is 3.13. The molecular weight excluding hydrogens is 330 g/mol. The van der Waals surface area contributed by atoms with Gasteiger partial charge >= 0.3 is 0 Å². The van der Waals surface area contributed by atoms with Gasteiger partial charge in [0.2, 0.25) is 5.28 Å². The molecule has 0 fully saturated rings. The van der Waals surface area contributed by atoms with Crippen molar-refractivity contribution in [2.45, 2.75) is 6.92 Å². The normalized spacial score (nSPS) is 10.0. The van der Waals surface area contributed by atoms with Crippen molar-refractivity contribution in [2.75, 3.05) is 11.1 Å². The second kappa shape index (κ2) is 5.43. The largest absolute Gasteiger partial charge is 0.394 e. The first-order valence-corrected chi connectivity index (χ1v) is 6.44. The second-order valence-corrected chi connectivity index (χ2v) is 5.02. The van der Waals surface area contributed by atoms with Gasteiger partial charge in [0.25, 0.3) is 0 Å². The van der Waals surface area contributed by atoms with E-state index in [-0.39, 0.29) is 5.28 Å². The van der Waals surface area contributed by atoms with E-state index in [0.717, 1.165) is 4.47 Å². The van der Waals surface area contributed by atoms with Crippen LogP contribution in [0.25, 0.3) is 0 Å². The van der Waals surface area contributed by atoms with Gasteiger partial charge in [0.1, 0.15) is 6.07 Å². The maximum absolute atomic E-state index is 9.10. The Bertz CT molecular complexity index is 681. The van der Waals surface area contributed by atoms with E-state index in [1.807, 2.05) is 6.07 Å². The Morgan fingerprint density at radius 1 is 1.42 bits per heavy atom. The van der Waals surface area contributed by atoms with Crippen molar-refractivity contribution in [1.29, 1.82) is 5.26 Å². The van der Waals surface area contributed by atoms with Crippen molar-refractivity contribution in [3.8, 4) is 6.07 Å². The molecule has 0 saturated carbocycles. The quantitative estimate of drug-likeness (QED) is 0.819. The number of hydrogen-bond donors (Lipinski definition) is 2. The number of nitrogens with one attached hydrogen (secondary N) is 1. The van der Waals surface area contributed by atoms with Gasteiger partial charge in [-0.2, -0.15) is 10.2 Å². The van der Waals surface area contributed by atoms with Gasteiger partial charge in [-0.05, 0) is 36.7 Å². The van der Waals surface area contributed by atoms with E-state index >= 15 is 0 Å². The topological polar surface area (TPSA) is 87.6 Å². The van der Waals surface area contributed by atoms with E-state index < -0.39 is 0 Å². The number of benzene rings is 1. The molecule has 5 nitrogen and oxygen atoms in total. The van der Waals surface area contributed by atoms with Crippen LogP contribution in [0.15, 0.2) is 22.7 Å². The first-order valence-electron chi connectivity index (χ1n) is 5.27. The molecule has 0 aliphatic rings. The Hall–Kier alpha value is -1.84. The Kier molecular flexibility index (Phi) is 3.88. The zero-order valence-corrected chi connectivity index (χ0v) is 12.2. The average Bonchev–Trinajstić information content (AvgIpc) is 2.37. The summed E-state index contributed by atoms with van der Waals surface area (Å²) in [7, 11) is 0. The van der Waals surface area contributed by atoms with Crippen LogP contribution in [0.3, 0.4) is 0 Å². The highest BCUT2D eigenvalue weighted by Crippen LogP contribution is 2.27. The molecule has 0 bridgehead atoms. The number of hydrogen-bond acceptors (Lipinski definition) is 5. The molecule has 7 heteroatoms. The Morgan fingerprint density at radius 2 is 2.16 bits per heavy atom. The van der Waals surface area contributed by atoms with Gasteiger partial charge in [-0.3, -0.25) is 0 Å². The van der Waals surface area contributed by atoms with Crippen LogP contribution in [0.5, 0.6) is 0 Å². The number of nitrogens with two attached hydrogens (primary N) is 1. The fourth-order valence-electron chi connectivity index (χ4n) is 1.49. The third-order valence-electron chi connectivity index (χ3n) is 2.46. The zero-order valence-electron chi connectivity index (χ0n) is 9.91. The van der Waals surface area contributed by atoms with Crippen molar-refractivity contribution in [2.24, 2.45) is 0 Å². The first kappa shape index (κ1) is 13.6. The van der Waals surface area contributed by atoms with Gasteiger partial charge in [-0.15, -0.1) is 0 Å². The zero-order chi connectivity index (χ0) is 14.0. The van der Waals surface area contributed by atoms with Crippen LogP contribution in [-0.2, 0) is 0 Å². The summed E-state index contributed by atoms with van der Waals surface area (Å²) in [4.78, 5) is 7.97. The standard InChI is InChI=1S/C12H9BrClN5/c1-6-10(16)11(19-12(14)17-6)18-9-3-2-8(13)4-7(9)5-15/h2-4H,16H2,1H3,(H,17,18,19). The molecule has 0 aliphatic carbocycles. The van der Waals surface area contributed by atoms with Gasteiger partial charge in [0.15, 0.2) is 5.82 Å². The minimum Gasteiger partial charge on any atom is -0.394 e. The van der Waals surface area contributed by atoms with Crippen molar-refractivity contribution in [3.63, 3.8) is 0 Å². The molecule has 3 N–H and O–H groups in total. The van der Waals surface area contributed by atoms with Gasteiger partial charge in [-0.1, -0.05) is 15.9 Å². The lowest BCUT2D eigenvalue weighted by atomic mass is 10.2.